The summed E-state index contributed by atoms with van der Waals surface area (Å²) >= 11 is 0. The molecule has 2 N–H and O–H groups in total. The van der Waals surface area contributed by atoms with Gasteiger partial charge < -0.3 is 24.2 Å². The first-order valence-corrected chi connectivity index (χ1v) is 7.97. The molecule has 0 unspecified atom stereocenters. The third kappa shape index (κ3) is 5.85. The number of amides is 1. The molecule has 0 aliphatic rings. The van der Waals surface area contributed by atoms with Gasteiger partial charge in [-0.05, 0) is 5.56 Å². The van der Waals surface area contributed by atoms with Gasteiger partial charge >= 0.3 is 13.7 Å². The Balaban J connectivity index is 2.26. The molecule has 1 rings (SSSR count). The van der Waals surface area contributed by atoms with Gasteiger partial charge in [-0.1, -0.05) is 30.3 Å². The number of hydrogen-bond donors (Lipinski definition) is 2. The van der Waals surface area contributed by atoms with Gasteiger partial charge in [0.15, 0.2) is 5.85 Å². The van der Waals surface area contributed by atoms with Crippen molar-refractivity contribution >= 4 is 13.7 Å². The predicted molar refractivity (Wildman–Crippen MR) is 76.9 cm³/mol. The van der Waals surface area contributed by atoms with E-state index >= 15 is 0 Å². The summed E-state index contributed by atoms with van der Waals surface area (Å²) in [6, 6.07) is 9.24. The number of alkyl carbamates (subject to hydrolysis) is 1. The van der Waals surface area contributed by atoms with Crippen LogP contribution in [0, 0.1) is 0 Å². The first-order valence-electron chi connectivity index (χ1n) is 6.35. The van der Waals surface area contributed by atoms with Crippen LogP contribution in [0.5, 0.6) is 0 Å². The number of carbonyl (C=O) groups is 1. The average Bonchev–Trinajstić information content (AvgIpc) is 2.53. The molecule has 0 heterocycles. The molecule has 118 valence electrons. The molecule has 0 bridgehead atoms. The maximum Gasteiger partial charge on any atom is 0.407 e. The average molecular weight is 317 g/mol. The van der Waals surface area contributed by atoms with Crippen LogP contribution in [0.15, 0.2) is 30.3 Å². The van der Waals surface area contributed by atoms with Crippen LogP contribution in [0.4, 0.5) is 4.79 Å². The Bertz CT molecular complexity index is 473. The fourth-order valence-electron chi connectivity index (χ4n) is 1.55. The van der Waals surface area contributed by atoms with E-state index in [-0.39, 0.29) is 19.6 Å². The predicted octanol–water partition coefficient (Wildman–Crippen LogP) is 2.11. The lowest BCUT2D eigenvalue weighted by molar-refractivity contribution is 0.135. The van der Waals surface area contributed by atoms with Crippen LogP contribution in [-0.4, -0.2) is 37.8 Å². The summed E-state index contributed by atoms with van der Waals surface area (Å²) in [5, 5.41) is 12.1. The fraction of sp³-hybridized carbons (Fsp3) is 0.462. The van der Waals surface area contributed by atoms with E-state index in [0.29, 0.717) is 0 Å². The van der Waals surface area contributed by atoms with Gasteiger partial charge in [-0.25, -0.2) is 4.79 Å². The van der Waals surface area contributed by atoms with Crippen LogP contribution < -0.4 is 5.32 Å². The summed E-state index contributed by atoms with van der Waals surface area (Å²) in [6.45, 7) is 0.245. The van der Waals surface area contributed by atoms with Crippen LogP contribution in [-0.2, 0) is 25.0 Å². The molecule has 7 nitrogen and oxygen atoms in total. The number of rotatable bonds is 8. The first-order chi connectivity index (χ1) is 10.0. The molecule has 0 fully saturated rings. The smallest absolute Gasteiger partial charge is 0.407 e. The van der Waals surface area contributed by atoms with E-state index in [1.54, 1.807) is 0 Å². The van der Waals surface area contributed by atoms with E-state index in [0.717, 1.165) is 5.56 Å². The van der Waals surface area contributed by atoms with Crippen LogP contribution in [0.3, 0.4) is 0 Å². The van der Waals surface area contributed by atoms with Gasteiger partial charge in [-0.3, -0.25) is 4.57 Å². The number of aliphatic hydroxyl groups excluding tert-OH is 1. The van der Waals surface area contributed by atoms with Gasteiger partial charge in [0.25, 0.3) is 0 Å². The quantitative estimate of drug-likeness (QED) is 0.713. The van der Waals surface area contributed by atoms with Crippen molar-refractivity contribution in [2.45, 2.75) is 18.9 Å². The van der Waals surface area contributed by atoms with Gasteiger partial charge in [0.1, 0.15) is 6.61 Å². The van der Waals surface area contributed by atoms with Crippen molar-refractivity contribution in [2.75, 3.05) is 20.8 Å². The maximum absolute atomic E-state index is 11.8. The lowest BCUT2D eigenvalue weighted by Gasteiger charge is -2.19. The van der Waals surface area contributed by atoms with Crippen LogP contribution in [0.1, 0.15) is 12.0 Å². The summed E-state index contributed by atoms with van der Waals surface area (Å²) in [7, 11) is -1.15. The first kappa shape index (κ1) is 17.7. The lowest BCUT2D eigenvalue weighted by Crippen LogP contribution is -2.28. The number of carbonyl (C=O) groups excluding carboxylic acids is 1. The molecule has 0 aliphatic carbocycles. The minimum Gasteiger partial charge on any atom is -0.445 e. The zero-order valence-electron chi connectivity index (χ0n) is 12.0. The maximum atomic E-state index is 11.8. The zero-order chi connectivity index (χ0) is 15.7. The van der Waals surface area contributed by atoms with E-state index < -0.39 is 19.5 Å². The highest BCUT2D eigenvalue weighted by Gasteiger charge is 2.31. The Labute approximate surface area is 123 Å². The molecule has 0 aromatic heterocycles. The summed E-state index contributed by atoms with van der Waals surface area (Å²) in [5.41, 5.74) is 0.871. The molecule has 1 amide bonds. The van der Waals surface area contributed by atoms with Gasteiger partial charge in [0, 0.05) is 27.2 Å². The second kappa shape index (κ2) is 8.79. The van der Waals surface area contributed by atoms with E-state index in [4.69, 9.17) is 4.74 Å². The standard InChI is InChI=1S/C13H20NO6P/c1-18-21(17,19-2)12(15)8-9-14-13(16)20-10-11-6-4-3-5-7-11/h3-7,12,15H,8-10H2,1-2H3,(H,14,16)/t12-/m0/s1. The topological polar surface area (TPSA) is 94.1 Å². The molecule has 21 heavy (non-hydrogen) atoms. The van der Waals surface area contributed by atoms with Crippen molar-refractivity contribution < 1.29 is 28.3 Å². The number of hydrogen-bond acceptors (Lipinski definition) is 6. The van der Waals surface area contributed by atoms with Crippen molar-refractivity contribution in [1.82, 2.24) is 5.32 Å². The Morgan fingerprint density at radius 1 is 1.29 bits per heavy atom. The molecule has 1 aromatic carbocycles. The Morgan fingerprint density at radius 2 is 1.90 bits per heavy atom. The highest BCUT2D eigenvalue weighted by molar-refractivity contribution is 7.54. The highest BCUT2D eigenvalue weighted by atomic mass is 31.2. The van der Waals surface area contributed by atoms with Gasteiger partial charge in [-0.15, -0.1) is 0 Å². The Hall–Kier alpha value is -1.40. The molecule has 1 atom stereocenters. The second-order valence-corrected chi connectivity index (χ2v) is 6.57. The third-order valence-corrected chi connectivity index (χ3v) is 4.76. The molecule has 0 radical (unpaired) electrons. The molecule has 8 heteroatoms. The van der Waals surface area contributed by atoms with Gasteiger partial charge in [-0.2, -0.15) is 0 Å². The van der Waals surface area contributed by atoms with E-state index in [9.17, 15) is 14.5 Å². The van der Waals surface area contributed by atoms with Gasteiger partial charge in [0.05, 0.1) is 0 Å². The highest BCUT2D eigenvalue weighted by Crippen LogP contribution is 2.51. The van der Waals surface area contributed by atoms with Crippen molar-refractivity contribution in [3.8, 4) is 0 Å². The summed E-state index contributed by atoms with van der Waals surface area (Å²) in [6.07, 6.45) is -0.588. The van der Waals surface area contributed by atoms with Crippen LogP contribution in [0.25, 0.3) is 0 Å². The molecular formula is C13H20NO6P. The van der Waals surface area contributed by atoms with Crippen molar-refractivity contribution in [2.24, 2.45) is 0 Å². The molecule has 0 spiro atoms. The number of nitrogens with one attached hydrogen (secondary N) is 1. The van der Waals surface area contributed by atoms with Crippen molar-refractivity contribution in [3.63, 3.8) is 0 Å². The molecule has 0 aliphatic heterocycles. The van der Waals surface area contributed by atoms with Crippen molar-refractivity contribution in [1.29, 1.82) is 0 Å². The third-order valence-electron chi connectivity index (χ3n) is 2.76. The Morgan fingerprint density at radius 3 is 2.48 bits per heavy atom. The lowest BCUT2D eigenvalue weighted by atomic mass is 10.2. The number of aliphatic hydroxyl groups is 1. The van der Waals surface area contributed by atoms with Crippen LogP contribution >= 0.6 is 7.60 Å². The summed E-state index contributed by atoms with van der Waals surface area (Å²) < 4.78 is 26.1. The number of ether oxygens (including phenoxy) is 1. The van der Waals surface area contributed by atoms with E-state index in [1.165, 1.54) is 14.2 Å². The second-order valence-electron chi connectivity index (χ2n) is 4.16. The zero-order valence-corrected chi connectivity index (χ0v) is 12.9. The minimum atomic E-state index is -3.53. The fourth-order valence-corrected chi connectivity index (χ4v) is 2.63. The van der Waals surface area contributed by atoms with Gasteiger partial charge in [0.2, 0.25) is 0 Å². The number of benzene rings is 1. The minimum absolute atomic E-state index is 0.0272. The monoisotopic (exact) mass is 317 g/mol. The van der Waals surface area contributed by atoms with Crippen molar-refractivity contribution in [3.05, 3.63) is 35.9 Å². The largest absolute Gasteiger partial charge is 0.445 e. The van der Waals surface area contributed by atoms with Crippen LogP contribution in [0.2, 0.25) is 0 Å². The Kier molecular flexibility index (Phi) is 7.39. The van der Waals surface area contributed by atoms with E-state index in [1.807, 2.05) is 30.3 Å². The molecule has 0 saturated carbocycles. The van der Waals surface area contributed by atoms with E-state index in [2.05, 4.69) is 14.4 Å². The molecular weight excluding hydrogens is 297 g/mol. The normalized spacial score (nSPS) is 12.7. The molecule has 0 saturated heterocycles. The summed E-state index contributed by atoms with van der Waals surface area (Å²) in [4.78, 5) is 11.4. The SMILES string of the molecule is COP(=O)(OC)[C@H](O)CCNC(=O)OCc1ccccc1. The molecule has 1 aromatic rings. The summed E-state index contributed by atoms with van der Waals surface area (Å²) in [5.74, 6) is -1.30.